The van der Waals surface area contributed by atoms with Crippen LogP contribution in [0.3, 0.4) is 0 Å². The van der Waals surface area contributed by atoms with Gasteiger partial charge >= 0.3 is 0 Å². The molecular formula is C34H30ClF2N3O2. The molecule has 42 heavy (non-hydrogen) atoms. The highest BCUT2D eigenvalue weighted by atomic mass is 35.5. The largest absolute Gasteiger partial charge is 0.488 e. The fraction of sp³-hybridized carbons (Fsp3) is 0.294. The van der Waals surface area contributed by atoms with Gasteiger partial charge in [-0.05, 0) is 60.6 Å². The van der Waals surface area contributed by atoms with Gasteiger partial charge in [0, 0.05) is 54.8 Å². The van der Waals surface area contributed by atoms with Crippen LogP contribution in [0.15, 0.2) is 73.1 Å². The van der Waals surface area contributed by atoms with Crippen molar-refractivity contribution in [1.29, 1.82) is 5.26 Å². The Balaban J connectivity index is 1.28. The van der Waals surface area contributed by atoms with Gasteiger partial charge in [-0.3, -0.25) is 9.88 Å². The summed E-state index contributed by atoms with van der Waals surface area (Å²) in [5.74, 6) is 0.857. The van der Waals surface area contributed by atoms with Crippen LogP contribution in [0, 0.1) is 17.1 Å². The number of ether oxygens (including phenoxy) is 2. The second kappa shape index (κ2) is 12.5. The lowest BCUT2D eigenvalue weighted by atomic mass is 9.96. The first-order valence-electron chi connectivity index (χ1n) is 14.2. The quantitative estimate of drug-likeness (QED) is 0.210. The van der Waals surface area contributed by atoms with Crippen molar-refractivity contribution in [3.8, 4) is 28.7 Å². The van der Waals surface area contributed by atoms with Crippen LogP contribution in [0.25, 0.3) is 11.1 Å². The number of nitrogens with zero attached hydrogens (tertiary/aromatic N) is 3. The van der Waals surface area contributed by atoms with Crippen molar-refractivity contribution in [3.05, 3.63) is 112 Å². The molecule has 0 N–H and O–H groups in total. The van der Waals surface area contributed by atoms with Gasteiger partial charge in [-0.15, -0.1) is 0 Å². The summed E-state index contributed by atoms with van der Waals surface area (Å²) in [5.41, 5.74) is 5.67. The number of pyridine rings is 1. The van der Waals surface area contributed by atoms with Crippen molar-refractivity contribution in [1.82, 2.24) is 9.88 Å². The molecule has 4 aromatic rings. The standard InChI is InChI=1S/C34H30ClF2N3O2/c35-30-15-24(20-40-12-10-25(36)11-13-40)33(41-21-23-14-22(17-38)18-39-19-23)16-34(30)42-32-9-8-27-26(5-3-6-29(27)32)28-4-1-2-7-31(28)37/h1-7,14-16,18-19,25,32H,8-13,20-21H2/t32-/m0/s1. The number of aromatic nitrogens is 1. The van der Waals surface area contributed by atoms with E-state index in [-0.39, 0.29) is 18.5 Å². The molecule has 214 valence electrons. The molecule has 1 aromatic heterocycles. The number of benzene rings is 3. The van der Waals surface area contributed by atoms with Gasteiger partial charge in [0.1, 0.15) is 42.3 Å². The Morgan fingerprint density at radius 2 is 1.79 bits per heavy atom. The van der Waals surface area contributed by atoms with Crippen LogP contribution in [-0.2, 0) is 19.6 Å². The van der Waals surface area contributed by atoms with E-state index in [2.05, 4.69) is 16.0 Å². The summed E-state index contributed by atoms with van der Waals surface area (Å²) in [6.07, 6.45) is 4.68. The summed E-state index contributed by atoms with van der Waals surface area (Å²) in [4.78, 5) is 6.33. The molecule has 0 amide bonds. The Labute approximate surface area is 249 Å². The molecule has 0 spiro atoms. The number of alkyl halides is 1. The average Bonchev–Trinajstić information content (AvgIpc) is 3.42. The molecule has 8 heteroatoms. The van der Waals surface area contributed by atoms with E-state index in [1.165, 1.54) is 12.3 Å². The molecule has 0 bridgehead atoms. The lowest BCUT2D eigenvalue weighted by Gasteiger charge is -2.29. The lowest BCUT2D eigenvalue weighted by Crippen LogP contribution is -2.34. The summed E-state index contributed by atoms with van der Waals surface area (Å²) in [6.45, 7) is 2.10. The zero-order valence-corrected chi connectivity index (χ0v) is 23.8. The third-order valence-electron chi connectivity index (χ3n) is 7.99. The molecule has 1 aliphatic carbocycles. The van der Waals surface area contributed by atoms with Crippen molar-refractivity contribution in [2.75, 3.05) is 13.1 Å². The highest BCUT2D eigenvalue weighted by Gasteiger charge is 2.28. The van der Waals surface area contributed by atoms with E-state index in [1.807, 2.05) is 36.4 Å². The van der Waals surface area contributed by atoms with Crippen LogP contribution < -0.4 is 9.47 Å². The zero-order chi connectivity index (χ0) is 29.1. The highest BCUT2D eigenvalue weighted by Crippen LogP contribution is 2.43. The number of halogens is 3. The molecule has 1 aliphatic heterocycles. The van der Waals surface area contributed by atoms with Crippen LogP contribution in [0.4, 0.5) is 8.78 Å². The average molecular weight is 586 g/mol. The van der Waals surface area contributed by atoms with E-state index in [1.54, 1.807) is 24.4 Å². The molecule has 3 aromatic carbocycles. The van der Waals surface area contributed by atoms with Gasteiger partial charge < -0.3 is 9.47 Å². The Morgan fingerprint density at radius 1 is 0.976 bits per heavy atom. The number of piperidine rings is 1. The van der Waals surface area contributed by atoms with E-state index >= 15 is 0 Å². The second-order valence-corrected chi connectivity index (χ2v) is 11.2. The molecule has 0 unspecified atom stereocenters. The third-order valence-corrected chi connectivity index (χ3v) is 8.29. The van der Waals surface area contributed by atoms with Crippen molar-refractivity contribution in [3.63, 3.8) is 0 Å². The second-order valence-electron chi connectivity index (χ2n) is 10.8. The van der Waals surface area contributed by atoms with Gasteiger partial charge in [-0.2, -0.15) is 5.26 Å². The van der Waals surface area contributed by atoms with Gasteiger partial charge in [0.2, 0.25) is 0 Å². The third kappa shape index (κ3) is 6.11. The van der Waals surface area contributed by atoms with Crippen molar-refractivity contribution in [2.45, 2.75) is 51.1 Å². The van der Waals surface area contributed by atoms with Gasteiger partial charge in [0.15, 0.2) is 0 Å². The Morgan fingerprint density at radius 3 is 2.60 bits per heavy atom. The van der Waals surface area contributed by atoms with Crippen molar-refractivity contribution in [2.24, 2.45) is 0 Å². The van der Waals surface area contributed by atoms with Gasteiger partial charge in [-0.1, -0.05) is 48.0 Å². The normalized spacial score (nSPS) is 17.0. The van der Waals surface area contributed by atoms with Gasteiger partial charge in [0.25, 0.3) is 0 Å². The summed E-state index contributed by atoms with van der Waals surface area (Å²) >= 11 is 6.80. The van der Waals surface area contributed by atoms with Gasteiger partial charge in [0.05, 0.1) is 10.6 Å². The summed E-state index contributed by atoms with van der Waals surface area (Å²) in [7, 11) is 0. The predicted octanol–water partition coefficient (Wildman–Crippen LogP) is 7.99. The minimum atomic E-state index is -0.760. The van der Waals surface area contributed by atoms with E-state index in [9.17, 15) is 14.0 Å². The molecule has 1 saturated heterocycles. The lowest BCUT2D eigenvalue weighted by molar-refractivity contribution is 0.143. The van der Waals surface area contributed by atoms with E-state index < -0.39 is 6.17 Å². The Bertz CT molecular complexity index is 1630. The molecule has 5 nitrogen and oxygen atoms in total. The minimum absolute atomic E-state index is 0.210. The summed E-state index contributed by atoms with van der Waals surface area (Å²) in [5, 5.41) is 9.71. The fourth-order valence-electron chi connectivity index (χ4n) is 5.84. The maximum absolute atomic E-state index is 14.6. The fourth-order valence-corrected chi connectivity index (χ4v) is 6.07. The van der Waals surface area contributed by atoms with Crippen LogP contribution in [0.2, 0.25) is 5.02 Å². The SMILES string of the molecule is N#Cc1cncc(COc2cc(O[C@H]3CCc4c(-c5ccccc5F)cccc43)c(Cl)cc2CN2CCC(F)CC2)c1. The maximum atomic E-state index is 14.6. The van der Waals surface area contributed by atoms with Crippen LogP contribution >= 0.6 is 11.6 Å². The van der Waals surface area contributed by atoms with Crippen LogP contribution in [-0.4, -0.2) is 29.1 Å². The van der Waals surface area contributed by atoms with Gasteiger partial charge in [-0.25, -0.2) is 8.78 Å². The van der Waals surface area contributed by atoms with E-state index in [4.69, 9.17) is 21.1 Å². The molecule has 6 rings (SSSR count). The summed E-state index contributed by atoms with van der Waals surface area (Å²) < 4.78 is 41.2. The monoisotopic (exact) mass is 585 g/mol. The zero-order valence-electron chi connectivity index (χ0n) is 23.0. The minimum Gasteiger partial charge on any atom is -0.488 e. The first-order valence-corrected chi connectivity index (χ1v) is 14.6. The smallest absolute Gasteiger partial charge is 0.142 e. The first kappa shape index (κ1) is 28.1. The first-order chi connectivity index (χ1) is 20.5. The molecule has 1 fully saturated rings. The number of likely N-dealkylation sites (tertiary alicyclic amines) is 1. The highest BCUT2D eigenvalue weighted by molar-refractivity contribution is 6.32. The van der Waals surface area contributed by atoms with E-state index in [0.717, 1.165) is 40.7 Å². The van der Waals surface area contributed by atoms with Crippen molar-refractivity contribution >= 4 is 11.6 Å². The molecule has 0 radical (unpaired) electrons. The molecule has 2 aliphatic rings. The predicted molar refractivity (Wildman–Crippen MR) is 158 cm³/mol. The molecule has 1 atom stereocenters. The number of rotatable bonds is 8. The molecule has 2 heterocycles. The Kier molecular flexibility index (Phi) is 8.36. The van der Waals surface area contributed by atoms with E-state index in [0.29, 0.717) is 60.1 Å². The number of fused-ring (bicyclic) bond motifs is 1. The molecular weight excluding hydrogens is 556 g/mol. The topological polar surface area (TPSA) is 58.4 Å². The van der Waals surface area contributed by atoms with Crippen LogP contribution in [0.1, 0.15) is 53.2 Å². The Hall–Kier alpha value is -3.99. The van der Waals surface area contributed by atoms with Crippen LogP contribution in [0.5, 0.6) is 11.5 Å². The maximum Gasteiger partial charge on any atom is 0.142 e. The number of hydrogen-bond donors (Lipinski definition) is 0. The number of hydrogen-bond acceptors (Lipinski definition) is 5. The summed E-state index contributed by atoms with van der Waals surface area (Å²) in [6, 6.07) is 20.3. The number of nitriles is 1. The molecule has 0 saturated carbocycles. The van der Waals surface area contributed by atoms with Crippen molar-refractivity contribution < 1.29 is 18.3 Å².